The fourth-order valence-corrected chi connectivity index (χ4v) is 2.27. The van der Waals surface area contributed by atoms with Gasteiger partial charge in [0.05, 0.1) is 17.5 Å². The van der Waals surface area contributed by atoms with Gasteiger partial charge in [-0.3, -0.25) is 4.79 Å². The molecule has 1 atom stereocenters. The second-order valence-corrected chi connectivity index (χ2v) is 5.46. The van der Waals surface area contributed by atoms with Crippen LogP contribution < -0.4 is 5.32 Å². The van der Waals surface area contributed by atoms with Gasteiger partial charge in [-0.25, -0.2) is 4.68 Å². The fourth-order valence-electron chi connectivity index (χ4n) is 2.09. The van der Waals surface area contributed by atoms with Crippen molar-refractivity contribution in [3.63, 3.8) is 0 Å². The number of rotatable bonds is 6. The Hall–Kier alpha value is -1.92. The molecule has 0 radical (unpaired) electrons. The number of hydrogen-bond acceptors (Lipinski definition) is 4. The molecule has 1 heterocycles. The highest BCUT2D eigenvalue weighted by Crippen LogP contribution is 2.17. The first-order valence-electron chi connectivity index (χ1n) is 7.19. The van der Waals surface area contributed by atoms with Crippen molar-refractivity contribution in [2.24, 2.45) is 0 Å². The van der Waals surface area contributed by atoms with E-state index in [4.69, 9.17) is 11.6 Å². The Bertz CT molecular complexity index is 655. The van der Waals surface area contributed by atoms with Crippen molar-refractivity contribution in [1.29, 1.82) is 0 Å². The molecule has 0 saturated carbocycles. The summed E-state index contributed by atoms with van der Waals surface area (Å²) in [6, 6.07) is 7.22. The van der Waals surface area contributed by atoms with E-state index in [1.807, 2.05) is 19.1 Å². The summed E-state index contributed by atoms with van der Waals surface area (Å²) in [6.45, 7) is 4.01. The van der Waals surface area contributed by atoms with Gasteiger partial charge in [0.2, 0.25) is 0 Å². The van der Waals surface area contributed by atoms with Gasteiger partial charge in [-0.05, 0) is 38.0 Å². The van der Waals surface area contributed by atoms with Crippen LogP contribution in [0.4, 0.5) is 0 Å². The van der Waals surface area contributed by atoms with Crippen molar-refractivity contribution in [2.45, 2.75) is 32.8 Å². The molecule has 22 heavy (non-hydrogen) atoms. The van der Waals surface area contributed by atoms with E-state index in [9.17, 15) is 9.90 Å². The zero-order valence-electron chi connectivity index (χ0n) is 12.6. The van der Waals surface area contributed by atoms with Crippen LogP contribution >= 0.6 is 11.6 Å². The number of benzene rings is 1. The molecule has 7 heteroatoms. The number of amides is 1. The van der Waals surface area contributed by atoms with Gasteiger partial charge in [0.15, 0.2) is 5.69 Å². The molecule has 1 aromatic heterocycles. The number of hydrogen-bond donors (Lipinski definition) is 2. The highest BCUT2D eigenvalue weighted by Gasteiger charge is 2.19. The molecule has 2 rings (SSSR count). The van der Waals surface area contributed by atoms with Crippen LogP contribution in [0.2, 0.25) is 5.02 Å². The normalized spacial score (nSPS) is 12.2. The van der Waals surface area contributed by atoms with E-state index >= 15 is 0 Å². The Balaban J connectivity index is 2.22. The average molecular weight is 323 g/mol. The fraction of sp³-hybridized carbons (Fsp3) is 0.400. The monoisotopic (exact) mass is 322 g/mol. The lowest BCUT2D eigenvalue weighted by Gasteiger charge is -2.08. The number of carbonyl (C=O) groups excluding carboxylic acids is 1. The zero-order valence-corrected chi connectivity index (χ0v) is 13.3. The summed E-state index contributed by atoms with van der Waals surface area (Å²) in [5.74, 6) is -0.286. The zero-order chi connectivity index (χ0) is 16.1. The molecule has 0 aliphatic carbocycles. The van der Waals surface area contributed by atoms with Crippen LogP contribution in [0.5, 0.6) is 0 Å². The van der Waals surface area contributed by atoms with Crippen LogP contribution in [0.15, 0.2) is 24.3 Å². The molecule has 0 bridgehead atoms. The molecule has 0 aliphatic heterocycles. The number of nitrogens with zero attached hydrogens (tertiary/aromatic N) is 3. The maximum absolute atomic E-state index is 12.2. The van der Waals surface area contributed by atoms with Gasteiger partial charge in [0.25, 0.3) is 5.91 Å². The van der Waals surface area contributed by atoms with Crippen LogP contribution in [0, 0.1) is 0 Å². The lowest BCUT2D eigenvalue weighted by atomic mass is 10.2. The second kappa shape index (κ2) is 7.38. The van der Waals surface area contributed by atoms with Crippen molar-refractivity contribution >= 4 is 17.5 Å². The third-order valence-electron chi connectivity index (χ3n) is 3.21. The molecule has 0 aliphatic rings. The third kappa shape index (κ3) is 3.84. The lowest BCUT2D eigenvalue weighted by Crippen LogP contribution is -2.27. The molecule has 0 spiro atoms. The van der Waals surface area contributed by atoms with E-state index in [-0.39, 0.29) is 5.91 Å². The highest BCUT2D eigenvalue weighted by molar-refractivity contribution is 6.30. The predicted molar refractivity (Wildman–Crippen MR) is 84.4 cm³/mol. The predicted octanol–water partition coefficient (Wildman–Crippen LogP) is 1.98. The van der Waals surface area contributed by atoms with E-state index < -0.39 is 6.10 Å². The number of aromatic nitrogens is 3. The minimum Gasteiger partial charge on any atom is -0.393 e. The maximum atomic E-state index is 12.2. The van der Waals surface area contributed by atoms with E-state index in [0.29, 0.717) is 30.1 Å². The van der Waals surface area contributed by atoms with Crippen molar-refractivity contribution in [2.75, 3.05) is 6.54 Å². The molecule has 118 valence electrons. The van der Waals surface area contributed by atoms with Crippen LogP contribution in [0.25, 0.3) is 5.69 Å². The largest absolute Gasteiger partial charge is 0.393 e. The summed E-state index contributed by atoms with van der Waals surface area (Å²) in [5.41, 5.74) is 1.78. The van der Waals surface area contributed by atoms with Crippen LogP contribution in [0.3, 0.4) is 0 Å². The van der Waals surface area contributed by atoms with E-state index in [1.165, 1.54) is 0 Å². The minimum absolute atomic E-state index is 0.286. The first kappa shape index (κ1) is 16.5. The Morgan fingerprint density at radius 1 is 1.50 bits per heavy atom. The van der Waals surface area contributed by atoms with Gasteiger partial charge in [-0.2, -0.15) is 0 Å². The van der Waals surface area contributed by atoms with E-state index in [1.54, 1.807) is 23.7 Å². The Morgan fingerprint density at radius 3 is 2.91 bits per heavy atom. The first-order valence-corrected chi connectivity index (χ1v) is 7.57. The number of aliphatic hydroxyl groups excluding tert-OH is 1. The van der Waals surface area contributed by atoms with Crippen molar-refractivity contribution < 1.29 is 9.90 Å². The SMILES string of the molecule is CCc1c(C(=O)NCCC(C)O)nnn1-c1cccc(Cl)c1. The summed E-state index contributed by atoms with van der Waals surface area (Å²) >= 11 is 5.99. The molecule has 1 unspecified atom stereocenters. The van der Waals surface area contributed by atoms with Gasteiger partial charge in [0.1, 0.15) is 0 Å². The summed E-state index contributed by atoms with van der Waals surface area (Å²) in [6.07, 6.45) is 0.655. The molecule has 1 amide bonds. The smallest absolute Gasteiger partial charge is 0.273 e. The summed E-state index contributed by atoms with van der Waals surface area (Å²) in [5, 5.41) is 20.6. The molecule has 0 fully saturated rings. The first-order chi connectivity index (χ1) is 10.5. The molecular formula is C15H19ClN4O2. The summed E-state index contributed by atoms with van der Waals surface area (Å²) in [4.78, 5) is 12.2. The molecule has 1 aromatic carbocycles. The quantitative estimate of drug-likeness (QED) is 0.852. The second-order valence-electron chi connectivity index (χ2n) is 5.02. The number of aliphatic hydroxyl groups is 1. The van der Waals surface area contributed by atoms with Gasteiger partial charge in [-0.15, -0.1) is 5.10 Å². The molecule has 2 aromatic rings. The van der Waals surface area contributed by atoms with Crippen LogP contribution in [0.1, 0.15) is 36.5 Å². The number of nitrogens with one attached hydrogen (secondary N) is 1. The molecule has 6 nitrogen and oxygen atoms in total. The van der Waals surface area contributed by atoms with Gasteiger partial charge < -0.3 is 10.4 Å². The standard InChI is InChI=1S/C15H19ClN4O2/c1-3-13-14(15(22)17-8-7-10(2)21)18-19-20(13)12-6-4-5-11(16)9-12/h4-6,9-10,21H,3,7-8H2,1-2H3,(H,17,22). The van der Waals surface area contributed by atoms with Gasteiger partial charge in [-0.1, -0.05) is 29.8 Å². The van der Waals surface area contributed by atoms with Crippen molar-refractivity contribution in [1.82, 2.24) is 20.3 Å². The van der Waals surface area contributed by atoms with Gasteiger partial charge in [0, 0.05) is 11.6 Å². The molecule has 2 N–H and O–H groups in total. The van der Waals surface area contributed by atoms with Crippen LogP contribution in [-0.4, -0.2) is 38.7 Å². The number of halogens is 1. The lowest BCUT2D eigenvalue weighted by molar-refractivity contribution is 0.0939. The summed E-state index contributed by atoms with van der Waals surface area (Å²) < 4.78 is 1.62. The van der Waals surface area contributed by atoms with Crippen molar-refractivity contribution in [3.8, 4) is 5.69 Å². The minimum atomic E-state index is -0.451. The highest BCUT2D eigenvalue weighted by atomic mass is 35.5. The van der Waals surface area contributed by atoms with E-state index in [2.05, 4.69) is 15.6 Å². The van der Waals surface area contributed by atoms with Crippen molar-refractivity contribution in [3.05, 3.63) is 40.7 Å². The van der Waals surface area contributed by atoms with E-state index in [0.717, 1.165) is 11.4 Å². The number of carbonyl (C=O) groups is 1. The van der Waals surface area contributed by atoms with Crippen LogP contribution in [-0.2, 0) is 6.42 Å². The topological polar surface area (TPSA) is 80.0 Å². The Labute approximate surface area is 134 Å². The Kier molecular flexibility index (Phi) is 5.51. The third-order valence-corrected chi connectivity index (χ3v) is 3.45. The summed E-state index contributed by atoms with van der Waals surface area (Å²) in [7, 11) is 0. The molecule has 0 saturated heterocycles. The Morgan fingerprint density at radius 2 is 2.27 bits per heavy atom. The average Bonchev–Trinajstić information content (AvgIpc) is 2.90. The maximum Gasteiger partial charge on any atom is 0.273 e. The molecular weight excluding hydrogens is 304 g/mol. The van der Waals surface area contributed by atoms with Gasteiger partial charge >= 0.3 is 0 Å².